The molecule has 2 heterocycles. The third-order valence-electron chi connectivity index (χ3n) is 4.21. The third kappa shape index (κ3) is 3.69. The molecule has 0 spiro atoms. The van der Waals surface area contributed by atoms with Gasteiger partial charge in [-0.05, 0) is 35.3 Å². The number of hydrogen-bond acceptors (Lipinski definition) is 4. The van der Waals surface area contributed by atoms with E-state index >= 15 is 0 Å². The lowest BCUT2D eigenvalue weighted by Gasteiger charge is -2.33. The van der Waals surface area contributed by atoms with Crippen molar-refractivity contribution in [2.24, 2.45) is 0 Å². The summed E-state index contributed by atoms with van der Waals surface area (Å²) in [7, 11) is 0. The molecule has 0 bridgehead atoms. The minimum atomic E-state index is 0.244. The van der Waals surface area contributed by atoms with Crippen molar-refractivity contribution in [1.29, 1.82) is 0 Å². The van der Waals surface area contributed by atoms with Crippen molar-refractivity contribution >= 4 is 5.91 Å². The van der Waals surface area contributed by atoms with E-state index in [2.05, 4.69) is 39.8 Å². The van der Waals surface area contributed by atoms with Gasteiger partial charge in [-0.1, -0.05) is 30.3 Å². The molecule has 2 aromatic rings. The van der Waals surface area contributed by atoms with Crippen LogP contribution in [0.25, 0.3) is 0 Å². The van der Waals surface area contributed by atoms with Crippen molar-refractivity contribution in [3.63, 3.8) is 0 Å². The molecule has 22 heavy (non-hydrogen) atoms. The Morgan fingerprint density at radius 3 is 2.91 bits per heavy atom. The smallest absolute Gasteiger partial charge is 0.222 e. The highest BCUT2D eigenvalue weighted by molar-refractivity contribution is 5.76. The largest absolute Gasteiger partial charge is 0.342 e. The van der Waals surface area contributed by atoms with Gasteiger partial charge in [-0.3, -0.25) is 4.79 Å². The van der Waals surface area contributed by atoms with Gasteiger partial charge >= 0.3 is 0 Å². The number of carbonyl (C=O) groups is 1. The lowest BCUT2D eigenvalue weighted by Crippen LogP contribution is -2.39. The molecule has 1 aromatic carbocycles. The molecule has 0 saturated carbocycles. The summed E-state index contributed by atoms with van der Waals surface area (Å²) in [4.78, 5) is 14.4. The summed E-state index contributed by atoms with van der Waals surface area (Å²) in [5.74, 6) is 0.715. The van der Waals surface area contributed by atoms with E-state index in [1.807, 2.05) is 11.0 Å². The summed E-state index contributed by atoms with van der Waals surface area (Å²) in [5.41, 5.74) is 1.34. The number of rotatable bonds is 5. The maximum absolute atomic E-state index is 12.4. The van der Waals surface area contributed by atoms with Crippen LogP contribution >= 0.6 is 0 Å². The van der Waals surface area contributed by atoms with Crippen LogP contribution in [-0.2, 0) is 11.3 Å². The summed E-state index contributed by atoms with van der Waals surface area (Å²) in [6.45, 7) is 2.41. The van der Waals surface area contributed by atoms with Gasteiger partial charge in [0.2, 0.25) is 5.91 Å². The summed E-state index contributed by atoms with van der Waals surface area (Å²) >= 11 is 0. The quantitative estimate of drug-likeness (QED) is 0.845. The molecule has 6 heteroatoms. The lowest BCUT2D eigenvalue weighted by atomic mass is 9.90. The zero-order valence-electron chi connectivity index (χ0n) is 12.6. The minimum Gasteiger partial charge on any atom is -0.342 e. The molecule has 3 rings (SSSR count). The van der Waals surface area contributed by atoms with Gasteiger partial charge in [0.05, 0.1) is 0 Å². The number of hydrogen-bond donors (Lipinski definition) is 0. The number of likely N-dealkylation sites (tertiary alicyclic amines) is 1. The fourth-order valence-corrected chi connectivity index (χ4v) is 3.03. The molecule has 1 aromatic heterocycles. The fourth-order valence-electron chi connectivity index (χ4n) is 3.03. The molecule has 0 radical (unpaired) electrons. The molecule has 0 N–H and O–H groups in total. The van der Waals surface area contributed by atoms with Crippen LogP contribution in [0.1, 0.15) is 37.2 Å². The van der Waals surface area contributed by atoms with E-state index in [1.54, 1.807) is 11.0 Å². The van der Waals surface area contributed by atoms with E-state index in [4.69, 9.17) is 0 Å². The highest BCUT2D eigenvalue weighted by atomic mass is 16.2. The Labute approximate surface area is 130 Å². The van der Waals surface area contributed by atoms with Crippen LogP contribution in [0.2, 0.25) is 0 Å². The van der Waals surface area contributed by atoms with Gasteiger partial charge < -0.3 is 4.90 Å². The summed E-state index contributed by atoms with van der Waals surface area (Å²) < 4.78 is 1.66. The normalized spacial score (nSPS) is 18.4. The van der Waals surface area contributed by atoms with Gasteiger partial charge in [0.1, 0.15) is 6.33 Å². The van der Waals surface area contributed by atoms with Crippen molar-refractivity contribution in [2.75, 3.05) is 13.1 Å². The number of carbonyl (C=O) groups excluding carboxylic acids is 1. The van der Waals surface area contributed by atoms with Crippen LogP contribution in [0.4, 0.5) is 0 Å². The number of nitrogens with zero attached hydrogens (tertiary/aromatic N) is 5. The monoisotopic (exact) mass is 299 g/mol. The zero-order valence-corrected chi connectivity index (χ0v) is 12.6. The van der Waals surface area contributed by atoms with Gasteiger partial charge in [0.15, 0.2) is 0 Å². The molecular weight excluding hydrogens is 278 g/mol. The molecule has 0 aliphatic carbocycles. The zero-order chi connectivity index (χ0) is 15.2. The first-order valence-electron chi connectivity index (χ1n) is 7.86. The van der Waals surface area contributed by atoms with Crippen LogP contribution in [0.15, 0.2) is 36.7 Å². The van der Waals surface area contributed by atoms with E-state index < -0.39 is 0 Å². The summed E-state index contributed by atoms with van der Waals surface area (Å²) in [5, 5.41) is 11.0. The molecule has 6 nitrogen and oxygen atoms in total. The van der Waals surface area contributed by atoms with Gasteiger partial charge in [0.25, 0.3) is 0 Å². The molecule has 0 unspecified atom stereocenters. The van der Waals surface area contributed by atoms with Crippen LogP contribution in [0, 0.1) is 0 Å². The SMILES string of the molecule is O=C(CCCn1cnnn1)N1CCC[C@H](c2ccccc2)C1. The predicted molar refractivity (Wildman–Crippen MR) is 82.0 cm³/mol. The van der Waals surface area contributed by atoms with Crippen LogP contribution in [0.5, 0.6) is 0 Å². The van der Waals surface area contributed by atoms with Gasteiger partial charge in [-0.25, -0.2) is 4.68 Å². The first-order valence-corrected chi connectivity index (χ1v) is 7.86. The Morgan fingerprint density at radius 1 is 1.27 bits per heavy atom. The molecule has 1 fully saturated rings. The first-order chi connectivity index (χ1) is 10.8. The highest BCUT2D eigenvalue weighted by Gasteiger charge is 2.24. The standard InChI is InChI=1S/C16H21N5O/c22-16(9-5-11-21-13-17-18-19-21)20-10-4-8-15(12-20)14-6-2-1-3-7-14/h1-3,6-7,13,15H,4-5,8-12H2/t15-/m0/s1. The Balaban J connectivity index is 1.49. The number of tetrazole rings is 1. The molecule has 1 aliphatic heterocycles. The Kier molecular flexibility index (Phi) is 4.78. The van der Waals surface area contributed by atoms with Crippen molar-refractivity contribution in [3.05, 3.63) is 42.2 Å². The van der Waals surface area contributed by atoms with Crippen molar-refractivity contribution in [2.45, 2.75) is 38.1 Å². The topological polar surface area (TPSA) is 63.9 Å². The molecule has 116 valence electrons. The summed E-state index contributed by atoms with van der Waals surface area (Å²) in [6, 6.07) is 10.5. The van der Waals surface area contributed by atoms with E-state index in [-0.39, 0.29) is 5.91 Å². The maximum Gasteiger partial charge on any atom is 0.222 e. The summed E-state index contributed by atoms with van der Waals surface area (Å²) in [6.07, 6.45) is 5.16. The second kappa shape index (κ2) is 7.15. The maximum atomic E-state index is 12.4. The Bertz CT molecular complexity index is 584. The Hall–Kier alpha value is -2.24. The van der Waals surface area contributed by atoms with E-state index in [1.165, 1.54) is 12.0 Å². The van der Waals surface area contributed by atoms with Gasteiger partial charge in [-0.2, -0.15) is 0 Å². The lowest BCUT2D eigenvalue weighted by molar-refractivity contribution is -0.132. The fraction of sp³-hybridized carbons (Fsp3) is 0.500. The molecular formula is C16H21N5O. The third-order valence-corrected chi connectivity index (χ3v) is 4.21. The van der Waals surface area contributed by atoms with E-state index in [9.17, 15) is 4.79 Å². The number of aryl methyl sites for hydroxylation is 1. The average Bonchev–Trinajstić information content (AvgIpc) is 3.09. The number of aromatic nitrogens is 4. The number of benzene rings is 1. The number of amides is 1. The van der Waals surface area contributed by atoms with Crippen LogP contribution < -0.4 is 0 Å². The molecule has 1 amide bonds. The average molecular weight is 299 g/mol. The Morgan fingerprint density at radius 2 is 2.14 bits per heavy atom. The van der Waals surface area contributed by atoms with E-state index in [0.29, 0.717) is 18.9 Å². The van der Waals surface area contributed by atoms with Crippen LogP contribution in [0.3, 0.4) is 0 Å². The molecule has 1 atom stereocenters. The van der Waals surface area contributed by atoms with Crippen LogP contribution in [-0.4, -0.2) is 44.1 Å². The molecule has 1 saturated heterocycles. The minimum absolute atomic E-state index is 0.244. The second-order valence-corrected chi connectivity index (χ2v) is 5.77. The van der Waals surface area contributed by atoms with Gasteiger partial charge in [0, 0.05) is 32.0 Å². The van der Waals surface area contributed by atoms with Crippen molar-refractivity contribution in [3.8, 4) is 0 Å². The second-order valence-electron chi connectivity index (χ2n) is 5.77. The first kappa shape index (κ1) is 14.7. The van der Waals surface area contributed by atoms with Crippen molar-refractivity contribution < 1.29 is 4.79 Å². The number of piperidine rings is 1. The van der Waals surface area contributed by atoms with Gasteiger partial charge in [-0.15, -0.1) is 5.10 Å². The van der Waals surface area contributed by atoms with Crippen molar-refractivity contribution in [1.82, 2.24) is 25.1 Å². The highest BCUT2D eigenvalue weighted by Crippen LogP contribution is 2.27. The predicted octanol–water partition coefficient (Wildman–Crippen LogP) is 1.86. The molecule has 1 aliphatic rings. The van der Waals surface area contributed by atoms with E-state index in [0.717, 1.165) is 25.9 Å².